The molecule has 0 aromatic rings. The molecule has 4 N–H and O–H groups in total. The van der Waals surface area contributed by atoms with E-state index in [-0.39, 0.29) is 13.0 Å². The Balaban J connectivity index is 2.08. The first-order chi connectivity index (χ1) is 8.04. The maximum Gasteiger partial charge on any atom is 0.326 e. The van der Waals surface area contributed by atoms with Crippen LogP contribution >= 0.6 is 0 Å². The molecule has 0 aromatic carbocycles. The molecule has 2 heterocycles. The van der Waals surface area contributed by atoms with Crippen LogP contribution in [-0.4, -0.2) is 69.8 Å². The zero-order valence-electron chi connectivity index (χ0n) is 8.94. The van der Waals surface area contributed by atoms with Crippen LogP contribution in [0.5, 0.6) is 0 Å². The molecule has 0 saturated carbocycles. The Morgan fingerprint density at radius 1 is 1.35 bits per heavy atom. The zero-order chi connectivity index (χ0) is 12.6. The fourth-order valence-electron chi connectivity index (χ4n) is 1.96. The highest BCUT2D eigenvalue weighted by Gasteiger charge is 2.47. The van der Waals surface area contributed by atoms with Gasteiger partial charge >= 0.3 is 6.03 Å². The van der Waals surface area contributed by atoms with Gasteiger partial charge in [0.1, 0.15) is 18.3 Å². The van der Waals surface area contributed by atoms with Crippen LogP contribution in [0.3, 0.4) is 0 Å². The molecule has 2 fully saturated rings. The molecule has 17 heavy (non-hydrogen) atoms. The summed E-state index contributed by atoms with van der Waals surface area (Å²) in [5.74, 6) is -0.391. The molecule has 0 aliphatic carbocycles. The smallest absolute Gasteiger partial charge is 0.326 e. The van der Waals surface area contributed by atoms with E-state index in [0.717, 1.165) is 4.90 Å². The molecular formula is C9H14N2O6. The molecule has 0 radical (unpaired) electrons. The lowest BCUT2D eigenvalue weighted by Gasteiger charge is -2.32. The standard InChI is InChI=1S/C9H14N2O6/c12-3-4-6(14)7(15)8(17-4)11-2-1-5(13)10-9(11)16/h4,6-8,12,14-15H,1-3H2,(H,10,13,16)/t4-,6+,7?,8-/m1/s1. The summed E-state index contributed by atoms with van der Waals surface area (Å²) >= 11 is 0. The van der Waals surface area contributed by atoms with Crippen molar-refractivity contribution in [2.24, 2.45) is 0 Å². The SMILES string of the molecule is O=C1CCN([C@@H]2O[C@H](CO)[C@H](O)C2O)C(=O)N1. The number of hydrogen-bond donors (Lipinski definition) is 4. The maximum atomic E-state index is 11.5. The lowest BCUT2D eigenvalue weighted by Crippen LogP contribution is -2.56. The second-order valence-electron chi connectivity index (χ2n) is 4.03. The van der Waals surface area contributed by atoms with Crippen LogP contribution in [0.2, 0.25) is 0 Å². The van der Waals surface area contributed by atoms with Crippen molar-refractivity contribution < 1.29 is 29.6 Å². The Labute approximate surface area is 96.8 Å². The van der Waals surface area contributed by atoms with Gasteiger partial charge < -0.3 is 20.1 Å². The Kier molecular flexibility index (Phi) is 3.29. The van der Waals surface area contributed by atoms with Gasteiger partial charge in [0.15, 0.2) is 6.23 Å². The minimum Gasteiger partial charge on any atom is -0.394 e. The molecule has 2 aliphatic heterocycles. The molecular weight excluding hydrogens is 232 g/mol. The van der Waals surface area contributed by atoms with E-state index in [4.69, 9.17) is 9.84 Å². The average Bonchev–Trinajstić information content (AvgIpc) is 2.57. The third kappa shape index (κ3) is 2.12. The molecule has 96 valence electrons. The number of nitrogens with one attached hydrogen (secondary N) is 1. The van der Waals surface area contributed by atoms with Crippen LogP contribution in [0.15, 0.2) is 0 Å². The number of carbonyl (C=O) groups is 2. The average molecular weight is 246 g/mol. The Hall–Kier alpha value is -1.22. The van der Waals surface area contributed by atoms with Crippen molar-refractivity contribution in [2.75, 3.05) is 13.2 Å². The van der Waals surface area contributed by atoms with Gasteiger partial charge in [-0.25, -0.2) is 4.79 Å². The van der Waals surface area contributed by atoms with E-state index in [0.29, 0.717) is 0 Å². The fraction of sp³-hybridized carbons (Fsp3) is 0.778. The first-order valence-electron chi connectivity index (χ1n) is 5.27. The highest BCUT2D eigenvalue weighted by Crippen LogP contribution is 2.25. The first kappa shape index (κ1) is 12.2. The molecule has 4 atom stereocenters. The number of carbonyl (C=O) groups excluding carboxylic acids is 2. The Morgan fingerprint density at radius 3 is 2.59 bits per heavy atom. The number of hydrogen-bond acceptors (Lipinski definition) is 6. The van der Waals surface area contributed by atoms with Gasteiger partial charge in [0.05, 0.1) is 6.61 Å². The molecule has 8 heteroatoms. The predicted octanol–water partition coefficient (Wildman–Crippen LogP) is -2.63. The molecule has 0 spiro atoms. The number of aliphatic hydroxyl groups is 3. The summed E-state index contributed by atoms with van der Waals surface area (Å²) in [6.45, 7) is -0.347. The predicted molar refractivity (Wildman–Crippen MR) is 52.6 cm³/mol. The quantitative estimate of drug-likeness (QED) is 0.423. The Morgan fingerprint density at radius 2 is 2.06 bits per heavy atom. The van der Waals surface area contributed by atoms with Gasteiger partial charge in [0, 0.05) is 13.0 Å². The third-order valence-electron chi connectivity index (χ3n) is 2.91. The molecule has 0 aromatic heterocycles. The summed E-state index contributed by atoms with van der Waals surface area (Å²) in [5, 5.41) is 30.2. The van der Waals surface area contributed by atoms with E-state index in [9.17, 15) is 19.8 Å². The van der Waals surface area contributed by atoms with Crippen LogP contribution in [0.25, 0.3) is 0 Å². The number of urea groups is 1. The molecule has 0 bridgehead atoms. The van der Waals surface area contributed by atoms with Crippen molar-refractivity contribution >= 4 is 11.9 Å². The normalized spacial score (nSPS) is 38.4. The molecule has 2 aliphatic rings. The molecule has 2 rings (SSSR count). The molecule has 3 amide bonds. The molecule has 2 saturated heterocycles. The van der Waals surface area contributed by atoms with Crippen molar-refractivity contribution in [1.29, 1.82) is 0 Å². The highest BCUT2D eigenvalue weighted by atomic mass is 16.6. The fourth-order valence-corrected chi connectivity index (χ4v) is 1.96. The van der Waals surface area contributed by atoms with Crippen molar-refractivity contribution in [3.63, 3.8) is 0 Å². The number of nitrogens with zero attached hydrogens (tertiary/aromatic N) is 1. The van der Waals surface area contributed by atoms with Gasteiger partial charge in [-0.05, 0) is 0 Å². The van der Waals surface area contributed by atoms with E-state index in [1.807, 2.05) is 0 Å². The minimum atomic E-state index is -1.30. The lowest BCUT2D eigenvalue weighted by atomic mass is 10.1. The van der Waals surface area contributed by atoms with Crippen LogP contribution in [-0.2, 0) is 9.53 Å². The lowest BCUT2D eigenvalue weighted by molar-refractivity contribution is -0.125. The summed E-state index contributed by atoms with van der Waals surface area (Å²) < 4.78 is 5.18. The van der Waals surface area contributed by atoms with E-state index in [1.165, 1.54) is 0 Å². The van der Waals surface area contributed by atoms with E-state index in [2.05, 4.69) is 5.32 Å². The van der Waals surface area contributed by atoms with Crippen LogP contribution in [0.1, 0.15) is 6.42 Å². The van der Waals surface area contributed by atoms with E-state index >= 15 is 0 Å². The van der Waals surface area contributed by atoms with E-state index < -0.39 is 43.1 Å². The minimum absolute atomic E-state index is 0.108. The summed E-state index contributed by atoms with van der Waals surface area (Å²) in [6, 6.07) is -0.670. The van der Waals surface area contributed by atoms with Gasteiger partial charge in [0.2, 0.25) is 5.91 Å². The van der Waals surface area contributed by atoms with Crippen molar-refractivity contribution in [3.8, 4) is 0 Å². The zero-order valence-corrected chi connectivity index (χ0v) is 8.94. The summed E-state index contributed by atoms with van der Waals surface area (Å²) in [6.07, 6.45) is -4.42. The summed E-state index contributed by atoms with van der Waals surface area (Å²) in [7, 11) is 0. The number of rotatable bonds is 2. The number of aliphatic hydroxyl groups excluding tert-OH is 3. The van der Waals surface area contributed by atoms with Gasteiger partial charge in [0.25, 0.3) is 0 Å². The largest absolute Gasteiger partial charge is 0.394 e. The molecule has 1 unspecified atom stereocenters. The highest BCUT2D eigenvalue weighted by molar-refractivity contribution is 5.96. The second kappa shape index (κ2) is 4.57. The van der Waals surface area contributed by atoms with Crippen LogP contribution in [0, 0.1) is 0 Å². The van der Waals surface area contributed by atoms with Gasteiger partial charge in [-0.1, -0.05) is 0 Å². The van der Waals surface area contributed by atoms with Gasteiger partial charge in [-0.15, -0.1) is 0 Å². The summed E-state index contributed by atoms with van der Waals surface area (Å²) in [4.78, 5) is 23.6. The maximum absolute atomic E-state index is 11.5. The second-order valence-corrected chi connectivity index (χ2v) is 4.03. The van der Waals surface area contributed by atoms with Crippen molar-refractivity contribution in [1.82, 2.24) is 10.2 Å². The van der Waals surface area contributed by atoms with Gasteiger partial charge in [-0.3, -0.25) is 15.0 Å². The van der Waals surface area contributed by atoms with Crippen molar-refractivity contribution in [3.05, 3.63) is 0 Å². The monoisotopic (exact) mass is 246 g/mol. The van der Waals surface area contributed by atoms with E-state index in [1.54, 1.807) is 0 Å². The Bertz CT molecular complexity index is 335. The van der Waals surface area contributed by atoms with Gasteiger partial charge in [-0.2, -0.15) is 0 Å². The third-order valence-corrected chi connectivity index (χ3v) is 2.91. The molecule has 8 nitrogen and oxygen atoms in total. The first-order valence-corrected chi connectivity index (χ1v) is 5.27. The van der Waals surface area contributed by atoms with Crippen molar-refractivity contribution in [2.45, 2.75) is 31.0 Å². The number of ether oxygens (including phenoxy) is 1. The van der Waals surface area contributed by atoms with Crippen LogP contribution < -0.4 is 5.32 Å². The topological polar surface area (TPSA) is 119 Å². The number of imide groups is 1. The van der Waals surface area contributed by atoms with Crippen LogP contribution in [0.4, 0.5) is 4.79 Å². The summed E-state index contributed by atoms with van der Waals surface area (Å²) in [5.41, 5.74) is 0. The number of amides is 3.